The molecular weight excluding hydrogens is 242 g/mol. The third-order valence-corrected chi connectivity index (χ3v) is 3.16. The van der Waals surface area contributed by atoms with Crippen molar-refractivity contribution in [3.05, 3.63) is 28.8 Å². The number of nitrogens with two attached hydrogens (primary N) is 1. The van der Waals surface area contributed by atoms with E-state index in [-0.39, 0.29) is 17.6 Å². The summed E-state index contributed by atoms with van der Waals surface area (Å²) in [7, 11) is 0. The average molecular weight is 265 g/mol. The minimum absolute atomic E-state index is 0.000595. The van der Waals surface area contributed by atoms with Crippen LogP contribution in [0.15, 0.2) is 12.1 Å². The molecule has 0 aromatic heterocycles. The van der Waals surface area contributed by atoms with Gasteiger partial charge < -0.3 is 15.9 Å². The number of benzene rings is 1. The van der Waals surface area contributed by atoms with Crippen LogP contribution in [0.4, 0.5) is 0 Å². The molecule has 1 unspecified atom stereocenters. The van der Waals surface area contributed by atoms with E-state index < -0.39 is 12.0 Å². The molecule has 19 heavy (non-hydrogen) atoms. The van der Waals surface area contributed by atoms with E-state index in [2.05, 4.69) is 0 Å². The van der Waals surface area contributed by atoms with Gasteiger partial charge in [-0.3, -0.25) is 4.79 Å². The van der Waals surface area contributed by atoms with Crippen LogP contribution in [-0.2, 0) is 10.2 Å². The number of carboxylic acid groups (broad SMARTS) is 1. The van der Waals surface area contributed by atoms with Crippen molar-refractivity contribution in [2.24, 2.45) is 5.73 Å². The zero-order chi connectivity index (χ0) is 14.8. The minimum atomic E-state index is -0.876. The zero-order valence-corrected chi connectivity index (χ0v) is 12.0. The van der Waals surface area contributed by atoms with E-state index in [1.165, 1.54) is 0 Å². The fraction of sp³-hybridized carbons (Fsp3) is 0.533. The van der Waals surface area contributed by atoms with E-state index in [1.807, 2.05) is 39.8 Å². The van der Waals surface area contributed by atoms with Crippen LogP contribution < -0.4 is 5.73 Å². The summed E-state index contributed by atoms with van der Waals surface area (Å²) >= 11 is 0. The topological polar surface area (TPSA) is 83.6 Å². The Morgan fingerprint density at radius 1 is 1.37 bits per heavy atom. The van der Waals surface area contributed by atoms with Gasteiger partial charge in [-0.15, -0.1) is 0 Å². The van der Waals surface area contributed by atoms with E-state index in [0.29, 0.717) is 12.0 Å². The largest absolute Gasteiger partial charge is 0.507 e. The second-order valence-corrected chi connectivity index (χ2v) is 6.04. The number of carbonyl (C=O) groups is 1. The number of hydrogen-bond acceptors (Lipinski definition) is 3. The predicted octanol–water partition coefficient (Wildman–Crippen LogP) is 2.86. The maximum Gasteiger partial charge on any atom is 0.303 e. The molecule has 4 N–H and O–H groups in total. The van der Waals surface area contributed by atoms with E-state index in [9.17, 15) is 9.90 Å². The lowest BCUT2D eigenvalue weighted by molar-refractivity contribution is -0.137. The highest BCUT2D eigenvalue weighted by atomic mass is 16.4. The third kappa shape index (κ3) is 3.96. The molecule has 0 saturated heterocycles. The highest BCUT2D eigenvalue weighted by Gasteiger charge is 2.23. The molecule has 0 radical (unpaired) electrons. The van der Waals surface area contributed by atoms with Gasteiger partial charge >= 0.3 is 5.97 Å². The summed E-state index contributed by atoms with van der Waals surface area (Å²) in [5.41, 5.74) is 8.31. The summed E-state index contributed by atoms with van der Waals surface area (Å²) in [6.07, 6.45) is 0.315. The summed E-state index contributed by atoms with van der Waals surface area (Å²) in [5.74, 6) is -0.686. The van der Waals surface area contributed by atoms with Crippen LogP contribution >= 0.6 is 0 Å². The standard InChI is InChI=1S/C15H23NO3/c1-9-7-10(12(16)5-6-13(17)18)14(19)11(8-9)15(2,3)4/h7-8,12,19H,5-6,16H2,1-4H3,(H,17,18). The van der Waals surface area contributed by atoms with Crippen LogP contribution in [0.5, 0.6) is 5.75 Å². The van der Waals surface area contributed by atoms with Gasteiger partial charge in [-0.25, -0.2) is 0 Å². The predicted molar refractivity (Wildman–Crippen MR) is 75.3 cm³/mol. The van der Waals surface area contributed by atoms with Gasteiger partial charge in [0.05, 0.1) is 0 Å². The molecule has 4 nitrogen and oxygen atoms in total. The second kappa shape index (κ2) is 5.61. The van der Waals surface area contributed by atoms with E-state index in [4.69, 9.17) is 10.8 Å². The van der Waals surface area contributed by atoms with Crippen molar-refractivity contribution in [3.8, 4) is 5.75 Å². The molecule has 0 bridgehead atoms. The number of carboxylic acids is 1. The Morgan fingerprint density at radius 2 is 1.95 bits per heavy atom. The Bertz CT molecular complexity index is 475. The SMILES string of the molecule is Cc1cc(C(N)CCC(=O)O)c(O)c(C(C)(C)C)c1. The van der Waals surface area contributed by atoms with Crippen molar-refractivity contribution in [1.29, 1.82) is 0 Å². The highest BCUT2D eigenvalue weighted by molar-refractivity contribution is 5.66. The second-order valence-electron chi connectivity index (χ2n) is 6.04. The number of aryl methyl sites for hydroxylation is 1. The molecule has 1 atom stereocenters. The molecule has 106 valence electrons. The molecular formula is C15H23NO3. The van der Waals surface area contributed by atoms with E-state index in [0.717, 1.165) is 11.1 Å². The maximum absolute atomic E-state index is 10.6. The molecule has 0 amide bonds. The molecule has 1 aromatic carbocycles. The Balaban J connectivity index is 3.14. The first-order valence-electron chi connectivity index (χ1n) is 6.44. The number of hydrogen-bond donors (Lipinski definition) is 3. The number of phenolic OH excluding ortho intramolecular Hbond substituents is 1. The summed E-state index contributed by atoms with van der Waals surface area (Å²) < 4.78 is 0. The fourth-order valence-electron chi connectivity index (χ4n) is 2.10. The van der Waals surface area contributed by atoms with Gasteiger partial charge in [0.2, 0.25) is 0 Å². The van der Waals surface area contributed by atoms with Gasteiger partial charge in [0.25, 0.3) is 0 Å². The molecule has 1 rings (SSSR count). The summed E-state index contributed by atoms with van der Waals surface area (Å²) in [6.45, 7) is 8.01. The monoisotopic (exact) mass is 265 g/mol. The Morgan fingerprint density at radius 3 is 2.42 bits per heavy atom. The van der Waals surface area contributed by atoms with Gasteiger partial charge in [0.1, 0.15) is 5.75 Å². The van der Waals surface area contributed by atoms with Gasteiger partial charge in [-0.2, -0.15) is 0 Å². The van der Waals surface area contributed by atoms with Crippen LogP contribution in [0.25, 0.3) is 0 Å². The quantitative estimate of drug-likeness (QED) is 0.781. The van der Waals surface area contributed by atoms with E-state index >= 15 is 0 Å². The number of phenols is 1. The van der Waals surface area contributed by atoms with Crippen LogP contribution in [0, 0.1) is 6.92 Å². The molecule has 0 spiro atoms. The van der Waals surface area contributed by atoms with Crippen molar-refractivity contribution in [1.82, 2.24) is 0 Å². The average Bonchev–Trinajstić information content (AvgIpc) is 2.27. The molecule has 0 saturated carbocycles. The van der Waals surface area contributed by atoms with Gasteiger partial charge in [0, 0.05) is 18.0 Å². The lowest BCUT2D eigenvalue weighted by Crippen LogP contribution is -2.17. The lowest BCUT2D eigenvalue weighted by atomic mass is 9.83. The Kier molecular flexibility index (Phi) is 4.58. The Hall–Kier alpha value is -1.55. The Labute approximate surface area is 114 Å². The first-order chi connectivity index (χ1) is 8.62. The van der Waals surface area contributed by atoms with Crippen molar-refractivity contribution < 1.29 is 15.0 Å². The van der Waals surface area contributed by atoms with E-state index in [1.54, 1.807) is 0 Å². The van der Waals surface area contributed by atoms with Crippen LogP contribution in [0.1, 0.15) is 56.3 Å². The lowest BCUT2D eigenvalue weighted by Gasteiger charge is -2.24. The number of aromatic hydroxyl groups is 1. The minimum Gasteiger partial charge on any atom is -0.507 e. The van der Waals surface area contributed by atoms with Gasteiger partial charge in [0.15, 0.2) is 0 Å². The van der Waals surface area contributed by atoms with Crippen molar-refractivity contribution in [2.45, 2.75) is 52.0 Å². The summed E-state index contributed by atoms with van der Waals surface area (Å²) in [6, 6.07) is 3.32. The molecule has 0 fully saturated rings. The molecule has 4 heteroatoms. The van der Waals surface area contributed by atoms with Crippen LogP contribution in [0.2, 0.25) is 0 Å². The fourth-order valence-corrected chi connectivity index (χ4v) is 2.10. The highest BCUT2D eigenvalue weighted by Crippen LogP contribution is 2.37. The molecule has 1 aromatic rings. The first-order valence-corrected chi connectivity index (χ1v) is 6.44. The zero-order valence-electron chi connectivity index (χ0n) is 12.0. The first kappa shape index (κ1) is 15.5. The van der Waals surface area contributed by atoms with Gasteiger partial charge in [-0.1, -0.05) is 38.5 Å². The maximum atomic E-state index is 10.6. The number of rotatable bonds is 4. The van der Waals surface area contributed by atoms with Crippen LogP contribution in [0.3, 0.4) is 0 Å². The van der Waals surface area contributed by atoms with Crippen molar-refractivity contribution >= 4 is 5.97 Å². The third-order valence-electron chi connectivity index (χ3n) is 3.16. The van der Waals surface area contributed by atoms with Gasteiger partial charge in [-0.05, 0) is 24.3 Å². The summed E-state index contributed by atoms with van der Waals surface area (Å²) in [4.78, 5) is 10.6. The summed E-state index contributed by atoms with van der Waals surface area (Å²) in [5, 5.41) is 19.1. The normalized spacial score (nSPS) is 13.3. The molecule has 0 aliphatic heterocycles. The molecule has 0 heterocycles. The van der Waals surface area contributed by atoms with Crippen molar-refractivity contribution in [2.75, 3.05) is 0 Å². The molecule has 0 aliphatic rings. The van der Waals surface area contributed by atoms with Crippen LogP contribution in [-0.4, -0.2) is 16.2 Å². The number of aliphatic carboxylic acids is 1. The smallest absolute Gasteiger partial charge is 0.303 e. The van der Waals surface area contributed by atoms with Crippen molar-refractivity contribution in [3.63, 3.8) is 0 Å². The molecule has 0 aliphatic carbocycles.